The van der Waals surface area contributed by atoms with Crippen molar-refractivity contribution < 1.29 is 5.11 Å². The number of rotatable bonds is 3. The molecule has 0 aliphatic rings. The predicted octanol–water partition coefficient (Wildman–Crippen LogP) is 2.82. The van der Waals surface area contributed by atoms with Crippen LogP contribution in [0, 0.1) is 0 Å². The van der Waals surface area contributed by atoms with Crippen LogP contribution in [0.25, 0.3) is 10.7 Å². The van der Waals surface area contributed by atoms with Crippen molar-refractivity contribution in [2.24, 2.45) is 0 Å². The van der Waals surface area contributed by atoms with Crippen molar-refractivity contribution >= 4 is 11.3 Å². The Morgan fingerprint density at radius 1 is 1.33 bits per heavy atom. The average molecular weight is 218 g/mol. The van der Waals surface area contributed by atoms with E-state index < -0.39 is 0 Å². The lowest BCUT2D eigenvalue weighted by Gasteiger charge is -1.92. The van der Waals surface area contributed by atoms with E-state index in [9.17, 15) is 0 Å². The molecule has 0 unspecified atom stereocenters. The highest BCUT2D eigenvalue weighted by molar-refractivity contribution is 7.13. The first-order valence-corrected chi connectivity index (χ1v) is 5.42. The molecule has 0 bridgehead atoms. The van der Waals surface area contributed by atoms with Gasteiger partial charge in [0.05, 0.1) is 11.1 Å². The van der Waals surface area contributed by atoms with Crippen LogP contribution in [0.3, 0.4) is 0 Å². The van der Waals surface area contributed by atoms with Crippen molar-refractivity contribution in [2.75, 3.05) is 0 Å². The van der Waals surface area contributed by atoms with Gasteiger partial charge < -0.3 is 5.11 Å². The van der Waals surface area contributed by atoms with Gasteiger partial charge in [-0.15, -0.1) is 11.3 Å². The lowest BCUT2D eigenvalue weighted by molar-refractivity contribution is 0.471. The number of hydrogen-bond donors (Lipinski definition) is 1. The number of allylic oxidation sites excluding steroid dienone is 1. The van der Waals surface area contributed by atoms with Crippen LogP contribution in [0.15, 0.2) is 42.2 Å². The molecule has 3 nitrogen and oxygen atoms in total. The first-order valence-electron chi connectivity index (χ1n) is 4.54. The molecule has 0 atom stereocenters. The van der Waals surface area contributed by atoms with Crippen molar-refractivity contribution in [3.8, 4) is 10.7 Å². The Kier molecular flexibility index (Phi) is 3.09. The third-order valence-corrected chi connectivity index (χ3v) is 2.87. The van der Waals surface area contributed by atoms with Crippen LogP contribution >= 0.6 is 11.3 Å². The lowest BCUT2D eigenvalue weighted by Crippen LogP contribution is -1.82. The quantitative estimate of drug-likeness (QED) is 0.806. The number of hydrogen-bond acceptors (Lipinski definition) is 4. The summed E-state index contributed by atoms with van der Waals surface area (Å²) in [6.45, 7) is 0. The highest BCUT2D eigenvalue weighted by Crippen LogP contribution is 2.23. The molecule has 76 valence electrons. The molecular weight excluding hydrogens is 208 g/mol. The molecule has 0 amide bonds. The van der Waals surface area contributed by atoms with Crippen molar-refractivity contribution in [1.29, 1.82) is 0 Å². The van der Waals surface area contributed by atoms with Gasteiger partial charge in [0.25, 0.3) is 0 Å². The summed E-state index contributed by atoms with van der Waals surface area (Å²) in [6.07, 6.45) is 6.97. The van der Waals surface area contributed by atoms with Crippen LogP contribution < -0.4 is 0 Å². The fourth-order valence-electron chi connectivity index (χ4n) is 1.22. The standard InChI is InChI=1S/C11H10N2OS/c14-6-1-3-9-7-10(15-8-9)11-12-4-2-5-13-11/h1-2,4-8,14H,3H2/b6-1+. The molecule has 2 rings (SSSR count). The summed E-state index contributed by atoms with van der Waals surface area (Å²) in [5.74, 6) is 0.752. The molecule has 0 spiro atoms. The van der Waals surface area contributed by atoms with E-state index in [1.807, 2.05) is 11.4 Å². The molecule has 0 fully saturated rings. The van der Waals surface area contributed by atoms with Gasteiger partial charge in [-0.3, -0.25) is 0 Å². The summed E-state index contributed by atoms with van der Waals surface area (Å²) < 4.78 is 0. The van der Waals surface area contributed by atoms with Crippen LogP contribution in [0.5, 0.6) is 0 Å². The van der Waals surface area contributed by atoms with Crippen molar-refractivity contribution in [2.45, 2.75) is 6.42 Å². The minimum Gasteiger partial charge on any atom is -0.516 e. The number of thiophene rings is 1. The Hall–Kier alpha value is -1.68. The van der Waals surface area contributed by atoms with Crippen LogP contribution in [0.1, 0.15) is 5.56 Å². The van der Waals surface area contributed by atoms with Gasteiger partial charge in [0.1, 0.15) is 0 Å². The van der Waals surface area contributed by atoms with E-state index in [4.69, 9.17) is 5.11 Å². The predicted molar refractivity (Wildman–Crippen MR) is 60.8 cm³/mol. The molecule has 4 heteroatoms. The Morgan fingerprint density at radius 2 is 2.13 bits per heavy atom. The first kappa shape index (κ1) is 9.86. The van der Waals surface area contributed by atoms with Gasteiger partial charge in [-0.1, -0.05) is 0 Å². The summed E-state index contributed by atoms with van der Waals surface area (Å²) in [5.41, 5.74) is 1.16. The zero-order chi connectivity index (χ0) is 10.5. The monoisotopic (exact) mass is 218 g/mol. The summed E-state index contributed by atoms with van der Waals surface area (Å²) in [6, 6.07) is 3.84. The molecule has 0 radical (unpaired) electrons. The number of aromatic nitrogens is 2. The Balaban J connectivity index is 2.20. The second-order valence-corrected chi connectivity index (χ2v) is 3.89. The molecule has 1 N–H and O–H groups in total. The van der Waals surface area contributed by atoms with Crippen molar-refractivity contribution in [1.82, 2.24) is 9.97 Å². The van der Waals surface area contributed by atoms with E-state index in [0.717, 1.165) is 28.9 Å². The number of aliphatic hydroxyl groups excluding tert-OH is 1. The van der Waals surface area contributed by atoms with Crippen LogP contribution in [-0.2, 0) is 6.42 Å². The fraction of sp³-hybridized carbons (Fsp3) is 0.0909. The maximum Gasteiger partial charge on any atom is 0.169 e. The zero-order valence-electron chi connectivity index (χ0n) is 8.00. The molecule has 2 aromatic heterocycles. The van der Waals surface area contributed by atoms with Crippen molar-refractivity contribution in [3.05, 3.63) is 47.8 Å². The zero-order valence-corrected chi connectivity index (χ0v) is 8.81. The van der Waals surface area contributed by atoms with E-state index in [1.165, 1.54) is 0 Å². The van der Waals surface area contributed by atoms with E-state index >= 15 is 0 Å². The van der Waals surface area contributed by atoms with Gasteiger partial charge in [0.2, 0.25) is 0 Å². The molecule has 0 saturated heterocycles. The van der Waals surface area contributed by atoms with Gasteiger partial charge in [0, 0.05) is 12.4 Å². The van der Waals surface area contributed by atoms with E-state index in [-0.39, 0.29) is 0 Å². The van der Waals surface area contributed by atoms with Gasteiger partial charge in [-0.25, -0.2) is 9.97 Å². The molecule has 0 saturated carbocycles. The molecule has 0 aliphatic heterocycles. The van der Waals surface area contributed by atoms with Gasteiger partial charge >= 0.3 is 0 Å². The van der Waals surface area contributed by atoms with Gasteiger partial charge in [-0.05, 0) is 35.6 Å². The Bertz CT molecular complexity index is 451. The Morgan fingerprint density at radius 3 is 2.87 bits per heavy atom. The molecule has 0 aliphatic carbocycles. The molecular formula is C11H10N2OS. The Labute approximate surface area is 91.8 Å². The average Bonchev–Trinajstić information content (AvgIpc) is 2.76. The van der Waals surface area contributed by atoms with E-state index in [0.29, 0.717) is 0 Å². The number of aliphatic hydroxyl groups is 1. The largest absolute Gasteiger partial charge is 0.516 e. The fourth-order valence-corrected chi connectivity index (χ4v) is 2.09. The normalized spacial score (nSPS) is 10.9. The third kappa shape index (κ3) is 2.41. The minimum atomic E-state index is 0.736. The first-order chi connectivity index (χ1) is 7.40. The SMILES string of the molecule is O/C=C/Cc1csc(-c2ncccn2)c1. The summed E-state index contributed by atoms with van der Waals surface area (Å²) in [5, 5.41) is 10.6. The topological polar surface area (TPSA) is 46.0 Å². The molecule has 2 heterocycles. The molecule has 0 aromatic carbocycles. The highest BCUT2D eigenvalue weighted by Gasteiger charge is 2.03. The van der Waals surface area contributed by atoms with Crippen LogP contribution in [0.4, 0.5) is 0 Å². The maximum absolute atomic E-state index is 8.55. The highest BCUT2D eigenvalue weighted by atomic mass is 32.1. The smallest absolute Gasteiger partial charge is 0.169 e. The molecule has 2 aromatic rings. The molecule has 15 heavy (non-hydrogen) atoms. The maximum atomic E-state index is 8.55. The van der Waals surface area contributed by atoms with E-state index in [2.05, 4.69) is 9.97 Å². The third-order valence-electron chi connectivity index (χ3n) is 1.90. The van der Waals surface area contributed by atoms with Crippen LogP contribution in [-0.4, -0.2) is 15.1 Å². The summed E-state index contributed by atoms with van der Waals surface area (Å²) in [7, 11) is 0. The second kappa shape index (κ2) is 4.70. The summed E-state index contributed by atoms with van der Waals surface area (Å²) >= 11 is 1.61. The number of nitrogens with zero attached hydrogens (tertiary/aromatic N) is 2. The lowest BCUT2D eigenvalue weighted by atomic mass is 10.2. The minimum absolute atomic E-state index is 0.736. The van der Waals surface area contributed by atoms with Crippen molar-refractivity contribution in [3.63, 3.8) is 0 Å². The second-order valence-electron chi connectivity index (χ2n) is 2.98. The van der Waals surface area contributed by atoms with Crippen LogP contribution in [0.2, 0.25) is 0 Å². The summed E-state index contributed by atoms with van der Waals surface area (Å²) in [4.78, 5) is 9.40. The van der Waals surface area contributed by atoms with Gasteiger partial charge in [-0.2, -0.15) is 0 Å². The van der Waals surface area contributed by atoms with Gasteiger partial charge in [0.15, 0.2) is 5.82 Å². The van der Waals surface area contributed by atoms with E-state index in [1.54, 1.807) is 35.9 Å².